The molecule has 0 aromatic heterocycles. The van der Waals surface area contributed by atoms with Gasteiger partial charge in [-0.05, 0) is 72.6 Å². The lowest BCUT2D eigenvalue weighted by molar-refractivity contribution is -0.123. The standard InChI is InChI=1S/C27H34N2O6S/c1-33-24-16-23-20-10-12-29(36(31,32)18-19-6-2-3-7-19)27(23)21-8-4-9-22(14-21)34-13-5-11-28-26(30)17-35-25(24)15-20/h4,8-9,14-16,19,27H,2-3,5-7,10-13,17-18H2,1H3,(H,28,30). The third-order valence-electron chi connectivity index (χ3n) is 7.33. The largest absolute Gasteiger partial charge is 0.494 e. The monoisotopic (exact) mass is 514 g/mol. The van der Waals surface area contributed by atoms with Crippen molar-refractivity contribution in [2.45, 2.75) is 44.6 Å². The van der Waals surface area contributed by atoms with E-state index in [-0.39, 0.29) is 24.2 Å². The molecule has 6 rings (SSSR count). The number of benzene rings is 2. The van der Waals surface area contributed by atoms with E-state index < -0.39 is 16.1 Å². The molecule has 1 amide bonds. The number of carbonyl (C=O) groups is 1. The molecule has 0 saturated heterocycles. The minimum Gasteiger partial charge on any atom is -0.494 e. The third kappa shape index (κ3) is 5.32. The van der Waals surface area contributed by atoms with Crippen LogP contribution >= 0.6 is 0 Å². The number of hydrogen-bond acceptors (Lipinski definition) is 6. The van der Waals surface area contributed by atoms with E-state index >= 15 is 0 Å². The maximum Gasteiger partial charge on any atom is 0.257 e. The predicted molar refractivity (Wildman–Crippen MR) is 136 cm³/mol. The summed E-state index contributed by atoms with van der Waals surface area (Å²) in [5, 5.41) is 2.84. The molecular weight excluding hydrogens is 480 g/mol. The number of nitrogens with zero attached hydrogens (tertiary/aromatic N) is 1. The van der Waals surface area contributed by atoms with E-state index in [4.69, 9.17) is 14.2 Å². The number of amides is 1. The first-order chi connectivity index (χ1) is 17.4. The molecule has 1 unspecified atom stereocenters. The van der Waals surface area contributed by atoms with Crippen LogP contribution in [0, 0.1) is 5.92 Å². The van der Waals surface area contributed by atoms with Crippen LogP contribution in [0.25, 0.3) is 0 Å². The van der Waals surface area contributed by atoms with Gasteiger partial charge in [0.05, 0.1) is 25.5 Å². The molecule has 1 atom stereocenters. The van der Waals surface area contributed by atoms with Crippen LogP contribution in [-0.4, -0.2) is 57.8 Å². The molecule has 3 aliphatic heterocycles. The van der Waals surface area contributed by atoms with Gasteiger partial charge in [-0.3, -0.25) is 4.79 Å². The molecule has 36 heavy (non-hydrogen) atoms. The summed E-state index contributed by atoms with van der Waals surface area (Å²) >= 11 is 0. The Labute approximate surface area is 213 Å². The Morgan fingerprint density at radius 1 is 1.11 bits per heavy atom. The van der Waals surface area contributed by atoms with Crippen molar-refractivity contribution in [1.82, 2.24) is 9.62 Å². The Balaban J connectivity index is 1.60. The zero-order valence-electron chi connectivity index (χ0n) is 20.7. The van der Waals surface area contributed by atoms with Gasteiger partial charge < -0.3 is 19.5 Å². The van der Waals surface area contributed by atoms with E-state index in [0.717, 1.165) is 42.4 Å². The molecular formula is C27H34N2O6S. The van der Waals surface area contributed by atoms with Crippen LogP contribution in [0.4, 0.5) is 0 Å². The summed E-state index contributed by atoms with van der Waals surface area (Å²) in [7, 11) is -1.96. The average molecular weight is 515 g/mol. The topological polar surface area (TPSA) is 94.2 Å². The highest BCUT2D eigenvalue weighted by atomic mass is 32.2. The Kier molecular flexibility index (Phi) is 7.39. The van der Waals surface area contributed by atoms with Gasteiger partial charge in [0, 0.05) is 13.1 Å². The molecule has 2 aromatic carbocycles. The number of ether oxygens (including phenoxy) is 3. The second-order valence-corrected chi connectivity index (χ2v) is 11.8. The van der Waals surface area contributed by atoms with Crippen molar-refractivity contribution in [3.05, 3.63) is 53.1 Å². The van der Waals surface area contributed by atoms with Crippen molar-refractivity contribution in [2.24, 2.45) is 5.92 Å². The van der Waals surface area contributed by atoms with E-state index in [9.17, 15) is 13.2 Å². The number of methoxy groups -OCH3 is 1. The van der Waals surface area contributed by atoms with Gasteiger partial charge in [-0.25, -0.2) is 8.42 Å². The SMILES string of the molecule is COc1cc2c3cc1OCC(=O)NCCCOc1cccc(c1)C2N(S(=O)(=O)CC1CCCC1)CC3. The predicted octanol–water partition coefficient (Wildman–Crippen LogP) is 3.44. The van der Waals surface area contributed by atoms with Crippen molar-refractivity contribution >= 4 is 15.9 Å². The summed E-state index contributed by atoms with van der Waals surface area (Å²) in [6, 6.07) is 10.9. The van der Waals surface area contributed by atoms with Gasteiger partial charge in [-0.15, -0.1) is 0 Å². The van der Waals surface area contributed by atoms with Crippen molar-refractivity contribution in [3.8, 4) is 17.2 Å². The minimum atomic E-state index is -3.51. The number of fused-ring (bicyclic) bond motifs is 8. The van der Waals surface area contributed by atoms with Crippen LogP contribution < -0.4 is 19.5 Å². The van der Waals surface area contributed by atoms with Gasteiger partial charge in [0.25, 0.3) is 5.91 Å². The maximum atomic E-state index is 13.8. The van der Waals surface area contributed by atoms with Gasteiger partial charge in [0.2, 0.25) is 10.0 Å². The van der Waals surface area contributed by atoms with Gasteiger partial charge in [0.15, 0.2) is 18.1 Å². The molecule has 4 aliphatic rings. The van der Waals surface area contributed by atoms with Gasteiger partial charge in [-0.2, -0.15) is 4.31 Å². The smallest absolute Gasteiger partial charge is 0.257 e. The van der Waals surface area contributed by atoms with Crippen LogP contribution in [0.15, 0.2) is 36.4 Å². The second-order valence-electron chi connectivity index (χ2n) is 9.81. The number of hydrogen-bond donors (Lipinski definition) is 1. The molecule has 8 nitrogen and oxygen atoms in total. The Morgan fingerprint density at radius 2 is 1.94 bits per heavy atom. The summed E-state index contributed by atoms with van der Waals surface area (Å²) in [6.07, 6.45) is 5.34. The number of rotatable bonds is 4. The van der Waals surface area contributed by atoms with Gasteiger partial charge >= 0.3 is 0 Å². The average Bonchev–Trinajstić information content (AvgIpc) is 3.38. The molecule has 0 spiro atoms. The van der Waals surface area contributed by atoms with Crippen LogP contribution in [-0.2, 0) is 21.2 Å². The molecule has 0 radical (unpaired) electrons. The van der Waals surface area contributed by atoms with Crippen molar-refractivity contribution < 1.29 is 27.4 Å². The summed E-state index contributed by atoms with van der Waals surface area (Å²) in [4.78, 5) is 12.2. The fraction of sp³-hybridized carbons (Fsp3) is 0.519. The molecule has 9 heteroatoms. The van der Waals surface area contributed by atoms with Crippen molar-refractivity contribution in [2.75, 3.05) is 39.2 Å². The lowest BCUT2D eigenvalue weighted by atomic mass is 9.89. The lowest BCUT2D eigenvalue weighted by Crippen LogP contribution is -2.42. The van der Waals surface area contributed by atoms with Crippen LogP contribution in [0.5, 0.6) is 17.2 Å². The molecule has 1 saturated carbocycles. The first-order valence-corrected chi connectivity index (χ1v) is 14.4. The molecule has 1 fully saturated rings. The van der Waals surface area contributed by atoms with Crippen LogP contribution in [0.3, 0.4) is 0 Å². The van der Waals surface area contributed by atoms with Gasteiger partial charge in [0.1, 0.15) is 5.75 Å². The van der Waals surface area contributed by atoms with Crippen LogP contribution in [0.1, 0.15) is 54.8 Å². The van der Waals surface area contributed by atoms with E-state index in [1.54, 1.807) is 11.4 Å². The van der Waals surface area contributed by atoms with E-state index in [2.05, 4.69) is 5.32 Å². The third-order valence-corrected chi connectivity index (χ3v) is 9.33. The maximum absolute atomic E-state index is 13.8. The lowest BCUT2D eigenvalue weighted by Gasteiger charge is -2.38. The summed E-state index contributed by atoms with van der Waals surface area (Å²) in [5.41, 5.74) is 2.72. The fourth-order valence-electron chi connectivity index (χ4n) is 5.55. The summed E-state index contributed by atoms with van der Waals surface area (Å²) < 4.78 is 46.7. The van der Waals surface area contributed by atoms with Crippen LogP contribution in [0.2, 0.25) is 0 Å². The first kappa shape index (κ1) is 24.9. The highest BCUT2D eigenvalue weighted by molar-refractivity contribution is 7.89. The Bertz CT molecular complexity index is 1210. The normalized spacial score (nSPS) is 21.5. The van der Waals surface area contributed by atoms with Crippen molar-refractivity contribution in [3.63, 3.8) is 0 Å². The Hall–Kier alpha value is -2.78. The fourth-order valence-corrected chi connectivity index (χ4v) is 7.60. The molecule has 194 valence electrons. The molecule has 6 bridgehead atoms. The first-order valence-electron chi connectivity index (χ1n) is 12.8. The number of sulfonamides is 1. The Morgan fingerprint density at radius 3 is 2.75 bits per heavy atom. The summed E-state index contributed by atoms with van der Waals surface area (Å²) in [5.74, 6) is 1.82. The highest BCUT2D eigenvalue weighted by Crippen LogP contribution is 2.43. The number of nitrogens with one attached hydrogen (secondary N) is 1. The summed E-state index contributed by atoms with van der Waals surface area (Å²) in [6.45, 7) is 1.16. The highest BCUT2D eigenvalue weighted by Gasteiger charge is 2.39. The minimum absolute atomic E-state index is 0.125. The number of carbonyl (C=O) groups excluding carboxylic acids is 1. The molecule has 1 aliphatic carbocycles. The molecule has 2 aromatic rings. The van der Waals surface area contributed by atoms with Crippen molar-refractivity contribution in [1.29, 1.82) is 0 Å². The van der Waals surface area contributed by atoms with E-state index in [1.165, 1.54) is 0 Å². The zero-order chi connectivity index (χ0) is 25.1. The zero-order valence-corrected chi connectivity index (χ0v) is 21.5. The quantitative estimate of drug-likeness (QED) is 0.672. The second kappa shape index (κ2) is 10.7. The molecule has 1 N–H and O–H groups in total. The van der Waals surface area contributed by atoms with Gasteiger partial charge in [-0.1, -0.05) is 25.0 Å². The van der Waals surface area contributed by atoms with E-state index in [0.29, 0.717) is 49.8 Å². The molecule has 3 heterocycles. The van der Waals surface area contributed by atoms with E-state index in [1.807, 2.05) is 36.4 Å².